The molecule has 1 saturated heterocycles. The molecule has 0 aromatic rings. The van der Waals surface area contributed by atoms with E-state index in [1.165, 1.54) is 25.7 Å². The summed E-state index contributed by atoms with van der Waals surface area (Å²) in [6.45, 7) is 8.42. The first-order valence-corrected chi connectivity index (χ1v) is 8.25. The van der Waals surface area contributed by atoms with Crippen molar-refractivity contribution in [2.75, 3.05) is 0 Å². The fraction of sp³-hybridized carbons (Fsp3) is 0.824. The number of allylic oxidation sites excluding steroid dienone is 1. The third-order valence-corrected chi connectivity index (χ3v) is 4.91. The van der Waals surface area contributed by atoms with Gasteiger partial charge in [-0.2, -0.15) is 0 Å². The first-order valence-electron chi connectivity index (χ1n) is 8.25. The van der Waals surface area contributed by atoms with Gasteiger partial charge in [0, 0.05) is 23.3 Å². The molecule has 21 heavy (non-hydrogen) atoms. The fourth-order valence-electron chi connectivity index (χ4n) is 4.38. The molecular weight excluding hydrogens is 262 g/mol. The monoisotopic (exact) mass is 293 g/mol. The zero-order chi connectivity index (χ0) is 15.7. The van der Waals surface area contributed by atoms with E-state index < -0.39 is 0 Å². The highest BCUT2D eigenvalue weighted by Gasteiger charge is 2.46. The normalized spacial score (nSPS) is 26.4. The van der Waals surface area contributed by atoms with Crippen molar-refractivity contribution in [3.63, 3.8) is 0 Å². The number of rotatable bonds is 2. The minimum Gasteiger partial charge on any atom is -0.328 e. The second-order valence-corrected chi connectivity index (χ2v) is 7.98. The quantitative estimate of drug-likeness (QED) is 0.820. The fourth-order valence-corrected chi connectivity index (χ4v) is 4.38. The number of nitrogens with zero attached hydrogens (tertiary/aromatic N) is 1. The van der Waals surface area contributed by atoms with E-state index in [-0.39, 0.29) is 23.2 Å². The predicted octanol–water partition coefficient (Wildman–Crippen LogP) is 3.38. The summed E-state index contributed by atoms with van der Waals surface area (Å²) in [5.41, 5.74) is 5.73. The molecule has 0 radical (unpaired) electrons. The molecule has 1 saturated carbocycles. The maximum atomic E-state index is 12.6. The maximum Gasteiger partial charge on any atom is 0.322 e. The number of carbonyl (C=O) groups is 1. The van der Waals surface area contributed by atoms with Crippen LogP contribution in [0.5, 0.6) is 0 Å². The molecule has 4 nitrogen and oxygen atoms in total. The Morgan fingerprint density at radius 2 is 1.67 bits per heavy atom. The van der Waals surface area contributed by atoms with Gasteiger partial charge in [0.1, 0.15) is 0 Å². The van der Waals surface area contributed by atoms with E-state index in [1.807, 2.05) is 11.1 Å². The first kappa shape index (κ1) is 16.3. The van der Waals surface area contributed by atoms with Gasteiger partial charge in [-0.05, 0) is 59.3 Å². The number of urea groups is 1. The average Bonchev–Trinajstić information content (AvgIpc) is 2.77. The first-order chi connectivity index (χ1) is 9.72. The molecule has 2 aliphatic rings. The molecule has 0 spiro atoms. The lowest BCUT2D eigenvalue weighted by atomic mass is 9.77. The SMILES string of the molecule is CC1(C)CC(N)CC(C)(C)N1C(=O)N/C=C/C1CCCC1. The lowest BCUT2D eigenvalue weighted by Crippen LogP contribution is -2.66. The number of carbonyl (C=O) groups excluding carboxylic acids is 1. The largest absolute Gasteiger partial charge is 0.328 e. The standard InChI is InChI=1S/C17H31N3O/c1-16(2)11-14(18)12-17(3,4)20(16)15(21)19-10-9-13-7-5-6-8-13/h9-10,13-14H,5-8,11-12,18H2,1-4H3,(H,19,21)/b10-9+. The molecule has 3 N–H and O–H groups in total. The van der Waals surface area contributed by atoms with E-state index in [9.17, 15) is 4.79 Å². The smallest absolute Gasteiger partial charge is 0.322 e. The molecule has 2 fully saturated rings. The van der Waals surface area contributed by atoms with Crippen molar-refractivity contribution >= 4 is 6.03 Å². The number of likely N-dealkylation sites (tertiary alicyclic amines) is 1. The van der Waals surface area contributed by atoms with Crippen LogP contribution in [0.4, 0.5) is 4.79 Å². The predicted molar refractivity (Wildman–Crippen MR) is 86.8 cm³/mol. The molecule has 1 aliphatic heterocycles. The van der Waals surface area contributed by atoms with E-state index in [0.29, 0.717) is 5.92 Å². The number of nitrogens with two attached hydrogens (primary N) is 1. The van der Waals surface area contributed by atoms with Crippen LogP contribution in [-0.4, -0.2) is 28.1 Å². The second kappa shape index (κ2) is 5.99. The number of hydrogen-bond donors (Lipinski definition) is 2. The van der Waals surface area contributed by atoms with Crippen molar-refractivity contribution in [1.29, 1.82) is 0 Å². The lowest BCUT2D eigenvalue weighted by molar-refractivity contribution is 0.00441. The van der Waals surface area contributed by atoms with Crippen LogP contribution in [0, 0.1) is 5.92 Å². The Labute approximate surface area is 129 Å². The summed E-state index contributed by atoms with van der Waals surface area (Å²) >= 11 is 0. The zero-order valence-electron chi connectivity index (χ0n) is 14.0. The van der Waals surface area contributed by atoms with Crippen LogP contribution in [0.25, 0.3) is 0 Å². The van der Waals surface area contributed by atoms with Crippen LogP contribution in [0.2, 0.25) is 0 Å². The van der Waals surface area contributed by atoms with Gasteiger partial charge in [0.25, 0.3) is 0 Å². The van der Waals surface area contributed by atoms with Crippen LogP contribution in [0.1, 0.15) is 66.2 Å². The molecule has 1 aliphatic carbocycles. The number of piperidine rings is 1. The molecule has 2 amide bonds. The van der Waals surface area contributed by atoms with Gasteiger partial charge in [0.15, 0.2) is 0 Å². The summed E-state index contributed by atoms with van der Waals surface area (Å²) in [7, 11) is 0. The Bertz CT molecular complexity index is 390. The summed E-state index contributed by atoms with van der Waals surface area (Å²) < 4.78 is 0. The van der Waals surface area contributed by atoms with Gasteiger partial charge in [0.05, 0.1) is 0 Å². The molecule has 0 atom stereocenters. The van der Waals surface area contributed by atoms with E-state index in [1.54, 1.807) is 0 Å². The maximum absolute atomic E-state index is 12.6. The zero-order valence-corrected chi connectivity index (χ0v) is 14.0. The third kappa shape index (κ3) is 3.79. The van der Waals surface area contributed by atoms with Crippen LogP contribution in [0.3, 0.4) is 0 Å². The molecule has 0 aromatic heterocycles. The van der Waals surface area contributed by atoms with Gasteiger partial charge >= 0.3 is 6.03 Å². The Morgan fingerprint density at radius 3 is 2.19 bits per heavy atom. The molecule has 0 unspecified atom stereocenters. The Morgan fingerprint density at radius 1 is 1.14 bits per heavy atom. The van der Waals surface area contributed by atoms with Crippen molar-refractivity contribution in [2.45, 2.75) is 83.3 Å². The minimum absolute atomic E-state index is 0.00820. The molecule has 120 valence electrons. The summed E-state index contributed by atoms with van der Waals surface area (Å²) in [6.07, 6.45) is 10.8. The van der Waals surface area contributed by atoms with E-state index in [2.05, 4.69) is 39.1 Å². The second-order valence-electron chi connectivity index (χ2n) is 7.98. The molecule has 4 heteroatoms. The minimum atomic E-state index is -0.216. The molecule has 2 rings (SSSR count). The van der Waals surface area contributed by atoms with Gasteiger partial charge in [0.2, 0.25) is 0 Å². The van der Waals surface area contributed by atoms with Crippen molar-refractivity contribution in [3.05, 3.63) is 12.3 Å². The van der Waals surface area contributed by atoms with Gasteiger partial charge in [-0.25, -0.2) is 4.79 Å². The van der Waals surface area contributed by atoms with Gasteiger partial charge in [-0.3, -0.25) is 0 Å². The summed E-state index contributed by atoms with van der Waals surface area (Å²) in [5, 5.41) is 2.97. The Kier molecular flexibility index (Phi) is 4.66. The van der Waals surface area contributed by atoms with Crippen LogP contribution in [0.15, 0.2) is 12.3 Å². The van der Waals surface area contributed by atoms with Crippen LogP contribution >= 0.6 is 0 Å². The highest BCUT2D eigenvalue weighted by atomic mass is 16.2. The molecule has 1 heterocycles. The van der Waals surface area contributed by atoms with E-state index in [0.717, 1.165) is 12.8 Å². The van der Waals surface area contributed by atoms with Crippen LogP contribution < -0.4 is 11.1 Å². The molecule has 0 bridgehead atoms. The van der Waals surface area contributed by atoms with E-state index in [4.69, 9.17) is 5.73 Å². The van der Waals surface area contributed by atoms with Gasteiger partial charge in [-0.15, -0.1) is 0 Å². The van der Waals surface area contributed by atoms with Crippen LogP contribution in [-0.2, 0) is 0 Å². The van der Waals surface area contributed by atoms with Crippen molar-refractivity contribution in [1.82, 2.24) is 10.2 Å². The third-order valence-electron chi connectivity index (χ3n) is 4.91. The number of amides is 2. The Balaban J connectivity index is 2.01. The average molecular weight is 293 g/mol. The summed E-state index contributed by atoms with van der Waals surface area (Å²) in [5.74, 6) is 0.640. The lowest BCUT2D eigenvalue weighted by Gasteiger charge is -2.54. The molecule has 0 aromatic carbocycles. The highest BCUT2D eigenvalue weighted by molar-refractivity contribution is 5.77. The van der Waals surface area contributed by atoms with Gasteiger partial charge < -0.3 is 16.0 Å². The number of hydrogen-bond acceptors (Lipinski definition) is 2. The topological polar surface area (TPSA) is 58.4 Å². The Hall–Kier alpha value is -1.03. The molecular formula is C17H31N3O. The van der Waals surface area contributed by atoms with Gasteiger partial charge in [-0.1, -0.05) is 18.9 Å². The van der Waals surface area contributed by atoms with Crippen molar-refractivity contribution in [2.24, 2.45) is 11.7 Å². The summed E-state index contributed by atoms with van der Waals surface area (Å²) in [6, 6.07) is 0.152. The highest BCUT2D eigenvalue weighted by Crippen LogP contribution is 2.37. The number of nitrogens with one attached hydrogen (secondary N) is 1. The van der Waals surface area contributed by atoms with Crippen molar-refractivity contribution < 1.29 is 4.79 Å². The summed E-state index contributed by atoms with van der Waals surface area (Å²) in [4.78, 5) is 14.6. The van der Waals surface area contributed by atoms with E-state index >= 15 is 0 Å². The van der Waals surface area contributed by atoms with Crippen molar-refractivity contribution in [3.8, 4) is 0 Å².